The van der Waals surface area contributed by atoms with E-state index in [2.05, 4.69) is 15.5 Å². The van der Waals surface area contributed by atoms with Gasteiger partial charge in [0.2, 0.25) is 5.91 Å². The van der Waals surface area contributed by atoms with Gasteiger partial charge in [-0.3, -0.25) is 9.69 Å². The third-order valence-corrected chi connectivity index (χ3v) is 4.52. The number of nitriles is 1. The van der Waals surface area contributed by atoms with Gasteiger partial charge in [0.25, 0.3) is 0 Å². The van der Waals surface area contributed by atoms with Gasteiger partial charge >= 0.3 is 0 Å². The van der Waals surface area contributed by atoms with Crippen LogP contribution >= 0.6 is 11.6 Å². The van der Waals surface area contributed by atoms with Crippen molar-refractivity contribution in [1.82, 2.24) is 10.2 Å². The van der Waals surface area contributed by atoms with Crippen LogP contribution in [0, 0.1) is 23.2 Å². The Hall–Kier alpha value is -1.61. The van der Waals surface area contributed by atoms with Gasteiger partial charge in [-0.25, -0.2) is 0 Å². The Labute approximate surface area is 128 Å². The third-order valence-electron chi connectivity index (χ3n) is 4.21. The molecule has 2 aliphatic heterocycles. The van der Waals surface area contributed by atoms with Crippen LogP contribution in [0.5, 0.6) is 0 Å². The normalized spacial score (nSPS) is 24.6. The van der Waals surface area contributed by atoms with Crippen LogP contribution in [-0.4, -0.2) is 43.5 Å². The highest BCUT2D eigenvalue weighted by Gasteiger charge is 2.36. The summed E-state index contributed by atoms with van der Waals surface area (Å²) in [5, 5.41) is 15.4. The average Bonchev–Trinajstić information content (AvgIpc) is 2.99. The molecule has 3 rings (SSSR count). The number of nitrogens with one attached hydrogen (secondary N) is 2. The summed E-state index contributed by atoms with van der Waals surface area (Å²) in [5.41, 5.74) is 1.04. The van der Waals surface area contributed by atoms with E-state index in [1.54, 1.807) is 18.2 Å². The smallest absolute Gasteiger partial charge is 0.238 e. The van der Waals surface area contributed by atoms with Gasteiger partial charge in [-0.2, -0.15) is 5.26 Å². The first kappa shape index (κ1) is 14.3. The summed E-state index contributed by atoms with van der Waals surface area (Å²) in [7, 11) is 0. The molecule has 0 aliphatic carbocycles. The van der Waals surface area contributed by atoms with E-state index in [9.17, 15) is 4.79 Å². The Bertz CT molecular complexity index is 586. The second-order valence-electron chi connectivity index (χ2n) is 5.73. The molecule has 2 saturated heterocycles. The summed E-state index contributed by atoms with van der Waals surface area (Å²) >= 11 is 5.96. The summed E-state index contributed by atoms with van der Waals surface area (Å²) < 4.78 is 0. The molecule has 1 aromatic carbocycles. The molecule has 5 nitrogen and oxygen atoms in total. The maximum Gasteiger partial charge on any atom is 0.238 e. The minimum Gasteiger partial charge on any atom is -0.325 e. The van der Waals surface area contributed by atoms with Crippen molar-refractivity contribution in [3.05, 3.63) is 28.8 Å². The lowest BCUT2D eigenvalue weighted by Gasteiger charge is -2.16. The number of amides is 1. The number of nitrogens with zero attached hydrogens (tertiary/aromatic N) is 2. The van der Waals surface area contributed by atoms with E-state index in [-0.39, 0.29) is 5.91 Å². The number of likely N-dealkylation sites (tertiary alicyclic amines) is 1. The summed E-state index contributed by atoms with van der Waals surface area (Å²) in [6.07, 6.45) is 0. The Morgan fingerprint density at radius 2 is 2.14 bits per heavy atom. The van der Waals surface area contributed by atoms with Gasteiger partial charge in [0.1, 0.15) is 6.07 Å². The fourth-order valence-corrected chi connectivity index (χ4v) is 3.39. The van der Waals surface area contributed by atoms with E-state index in [1.807, 2.05) is 6.07 Å². The Kier molecular flexibility index (Phi) is 4.11. The summed E-state index contributed by atoms with van der Waals surface area (Å²) in [5.74, 6) is 1.33. The molecule has 2 fully saturated rings. The molecule has 2 aliphatic rings. The molecule has 2 unspecified atom stereocenters. The fraction of sp³-hybridized carbons (Fsp3) is 0.467. The molecule has 21 heavy (non-hydrogen) atoms. The quantitative estimate of drug-likeness (QED) is 0.883. The van der Waals surface area contributed by atoms with Crippen LogP contribution in [0.15, 0.2) is 18.2 Å². The highest BCUT2D eigenvalue weighted by atomic mass is 35.5. The number of rotatable bonds is 3. The predicted octanol–water partition coefficient (Wildman–Crippen LogP) is 1.30. The topological polar surface area (TPSA) is 68.2 Å². The maximum absolute atomic E-state index is 12.1. The van der Waals surface area contributed by atoms with Crippen molar-refractivity contribution in [2.75, 3.05) is 38.0 Å². The summed E-state index contributed by atoms with van der Waals surface area (Å²) in [6.45, 7) is 4.51. The number of hydrogen-bond donors (Lipinski definition) is 2. The highest BCUT2D eigenvalue weighted by Crippen LogP contribution is 2.26. The van der Waals surface area contributed by atoms with Crippen molar-refractivity contribution in [2.24, 2.45) is 11.8 Å². The molecule has 0 aromatic heterocycles. The summed E-state index contributed by atoms with van der Waals surface area (Å²) in [4.78, 5) is 14.3. The first-order valence-electron chi connectivity index (χ1n) is 7.08. The van der Waals surface area contributed by atoms with Crippen LogP contribution in [0.4, 0.5) is 5.69 Å². The number of carbonyl (C=O) groups is 1. The monoisotopic (exact) mass is 304 g/mol. The number of benzene rings is 1. The van der Waals surface area contributed by atoms with Gasteiger partial charge in [-0.15, -0.1) is 0 Å². The number of halogens is 1. The Morgan fingerprint density at radius 1 is 1.43 bits per heavy atom. The molecule has 2 N–H and O–H groups in total. The number of hydrogen-bond acceptors (Lipinski definition) is 4. The molecule has 2 heterocycles. The summed E-state index contributed by atoms with van der Waals surface area (Å²) in [6, 6.07) is 6.92. The first-order valence-corrected chi connectivity index (χ1v) is 7.46. The van der Waals surface area contributed by atoms with Crippen LogP contribution in [0.1, 0.15) is 5.56 Å². The van der Waals surface area contributed by atoms with Gasteiger partial charge in [0.15, 0.2) is 0 Å². The van der Waals surface area contributed by atoms with Crippen molar-refractivity contribution >= 4 is 23.2 Å². The van der Waals surface area contributed by atoms with Crippen LogP contribution in [-0.2, 0) is 4.79 Å². The zero-order chi connectivity index (χ0) is 14.8. The lowest BCUT2D eigenvalue weighted by molar-refractivity contribution is -0.117. The molecule has 0 radical (unpaired) electrons. The largest absolute Gasteiger partial charge is 0.325 e. The fourth-order valence-electron chi connectivity index (χ4n) is 3.17. The van der Waals surface area contributed by atoms with E-state index in [0.717, 1.165) is 26.2 Å². The first-order chi connectivity index (χ1) is 10.2. The van der Waals surface area contributed by atoms with Gasteiger partial charge in [-0.1, -0.05) is 11.6 Å². The van der Waals surface area contributed by atoms with Crippen molar-refractivity contribution in [1.29, 1.82) is 5.26 Å². The van der Waals surface area contributed by atoms with Crippen molar-refractivity contribution < 1.29 is 4.79 Å². The molecule has 6 heteroatoms. The molecule has 110 valence electrons. The Balaban J connectivity index is 1.55. The molecule has 1 amide bonds. The molecular weight excluding hydrogens is 288 g/mol. The lowest BCUT2D eigenvalue weighted by Crippen LogP contribution is -2.33. The number of anilines is 1. The molecular formula is C15H17ClN4O. The number of carbonyl (C=O) groups excluding carboxylic acids is 1. The van der Waals surface area contributed by atoms with E-state index < -0.39 is 0 Å². The van der Waals surface area contributed by atoms with Gasteiger partial charge in [0, 0.05) is 18.8 Å². The van der Waals surface area contributed by atoms with Crippen molar-refractivity contribution in [2.45, 2.75) is 0 Å². The Morgan fingerprint density at radius 3 is 2.76 bits per heavy atom. The minimum absolute atomic E-state index is 0.0382. The van der Waals surface area contributed by atoms with E-state index in [1.165, 1.54) is 0 Å². The SMILES string of the molecule is N#Cc1ccc(NC(=O)CN2CC3CNCC3C2)cc1Cl. The number of fused-ring (bicyclic) bond motifs is 1. The third kappa shape index (κ3) is 3.18. The molecule has 0 saturated carbocycles. The average molecular weight is 305 g/mol. The van der Waals surface area contributed by atoms with Crippen LogP contribution in [0.2, 0.25) is 5.02 Å². The zero-order valence-corrected chi connectivity index (χ0v) is 12.4. The van der Waals surface area contributed by atoms with Crippen LogP contribution < -0.4 is 10.6 Å². The van der Waals surface area contributed by atoms with Gasteiger partial charge < -0.3 is 10.6 Å². The van der Waals surface area contributed by atoms with Gasteiger partial charge in [0.05, 0.1) is 17.1 Å². The second-order valence-corrected chi connectivity index (χ2v) is 6.13. The van der Waals surface area contributed by atoms with Crippen molar-refractivity contribution in [3.63, 3.8) is 0 Å². The standard InChI is InChI=1S/C15H17ClN4O/c16-14-3-13(2-1-10(14)4-17)19-15(21)9-20-7-11-5-18-6-12(11)8-20/h1-3,11-12,18H,5-9H2,(H,19,21). The predicted molar refractivity (Wildman–Crippen MR) is 81.1 cm³/mol. The molecule has 0 bridgehead atoms. The maximum atomic E-state index is 12.1. The lowest BCUT2D eigenvalue weighted by atomic mass is 10.0. The van der Waals surface area contributed by atoms with E-state index in [4.69, 9.17) is 16.9 Å². The highest BCUT2D eigenvalue weighted by molar-refractivity contribution is 6.32. The van der Waals surface area contributed by atoms with Crippen molar-refractivity contribution in [3.8, 4) is 6.07 Å². The van der Waals surface area contributed by atoms with Crippen LogP contribution in [0.3, 0.4) is 0 Å². The van der Waals surface area contributed by atoms with E-state index >= 15 is 0 Å². The molecule has 2 atom stereocenters. The van der Waals surface area contributed by atoms with Crippen LogP contribution in [0.25, 0.3) is 0 Å². The zero-order valence-electron chi connectivity index (χ0n) is 11.6. The minimum atomic E-state index is -0.0382. The van der Waals surface area contributed by atoms with Gasteiger partial charge in [-0.05, 0) is 43.1 Å². The van der Waals surface area contributed by atoms with E-state index in [0.29, 0.717) is 34.7 Å². The molecule has 1 aromatic rings. The molecule has 0 spiro atoms. The second kappa shape index (κ2) is 6.02.